The van der Waals surface area contributed by atoms with Crippen LogP contribution in [-0.4, -0.2) is 47.1 Å². The minimum atomic E-state index is 0.348. The van der Waals surface area contributed by atoms with Gasteiger partial charge in [0.2, 0.25) is 0 Å². The normalized spacial score (nSPS) is 30.6. The highest BCUT2D eigenvalue weighted by molar-refractivity contribution is 4.96. The summed E-state index contributed by atoms with van der Waals surface area (Å²) in [5, 5.41) is 0. The molecule has 0 aromatic carbocycles. The minimum absolute atomic E-state index is 0.348. The van der Waals surface area contributed by atoms with Crippen LogP contribution < -0.4 is 0 Å². The number of rotatable bonds is 3. The zero-order valence-corrected chi connectivity index (χ0v) is 14.0. The molecular formula is C17H34N2. The van der Waals surface area contributed by atoms with Gasteiger partial charge in [-0.1, -0.05) is 13.3 Å². The molecule has 2 saturated heterocycles. The maximum Gasteiger partial charge on any atom is 0.0153 e. The lowest BCUT2D eigenvalue weighted by Crippen LogP contribution is -2.51. The van der Waals surface area contributed by atoms with Crippen molar-refractivity contribution in [2.75, 3.05) is 26.2 Å². The van der Waals surface area contributed by atoms with Gasteiger partial charge in [0.05, 0.1) is 0 Å². The number of piperidine rings is 1. The molecule has 0 bridgehead atoms. The smallest absolute Gasteiger partial charge is 0.0153 e. The molecule has 2 rings (SSSR count). The molecule has 2 aliphatic heterocycles. The van der Waals surface area contributed by atoms with Crippen molar-refractivity contribution in [2.45, 2.75) is 71.9 Å². The van der Waals surface area contributed by atoms with E-state index < -0.39 is 0 Å². The second-order valence-corrected chi connectivity index (χ2v) is 8.39. The van der Waals surface area contributed by atoms with Crippen molar-refractivity contribution in [2.24, 2.45) is 11.8 Å². The van der Waals surface area contributed by atoms with E-state index in [1.165, 1.54) is 45.4 Å². The van der Waals surface area contributed by atoms with Gasteiger partial charge < -0.3 is 0 Å². The summed E-state index contributed by atoms with van der Waals surface area (Å²) in [5.74, 6) is 1.86. The monoisotopic (exact) mass is 266 g/mol. The van der Waals surface area contributed by atoms with Crippen LogP contribution in [0.5, 0.6) is 0 Å². The van der Waals surface area contributed by atoms with E-state index in [0.29, 0.717) is 11.1 Å². The first-order valence-corrected chi connectivity index (χ1v) is 8.24. The standard InChI is InChI=1S/C17H34N2/c1-7-9-17(5,6)18-10-8-14-11-19(16(2,3)4)13-15(14)12-18/h14-15H,7-13H2,1-6H3. The second-order valence-electron chi connectivity index (χ2n) is 8.39. The predicted octanol–water partition coefficient (Wildman–Crippen LogP) is 3.62. The minimum Gasteiger partial charge on any atom is -0.298 e. The van der Waals surface area contributed by atoms with Crippen molar-refractivity contribution >= 4 is 0 Å². The van der Waals surface area contributed by atoms with E-state index in [9.17, 15) is 0 Å². The highest BCUT2D eigenvalue weighted by Gasteiger charge is 2.42. The van der Waals surface area contributed by atoms with E-state index >= 15 is 0 Å². The maximum absolute atomic E-state index is 2.77. The van der Waals surface area contributed by atoms with Crippen LogP contribution in [0.4, 0.5) is 0 Å². The molecule has 2 unspecified atom stereocenters. The van der Waals surface area contributed by atoms with E-state index in [4.69, 9.17) is 0 Å². The molecule has 0 aromatic rings. The van der Waals surface area contributed by atoms with Crippen LogP contribution in [0.15, 0.2) is 0 Å². The van der Waals surface area contributed by atoms with E-state index in [0.717, 1.165) is 11.8 Å². The van der Waals surface area contributed by atoms with Gasteiger partial charge in [-0.3, -0.25) is 9.80 Å². The van der Waals surface area contributed by atoms with E-state index in [1.54, 1.807) is 0 Å². The van der Waals surface area contributed by atoms with Gasteiger partial charge in [0.15, 0.2) is 0 Å². The fourth-order valence-corrected chi connectivity index (χ4v) is 4.04. The summed E-state index contributed by atoms with van der Waals surface area (Å²) < 4.78 is 0. The van der Waals surface area contributed by atoms with E-state index in [-0.39, 0.29) is 0 Å². The van der Waals surface area contributed by atoms with Gasteiger partial charge in [-0.15, -0.1) is 0 Å². The summed E-state index contributed by atoms with van der Waals surface area (Å²) >= 11 is 0. The molecule has 2 nitrogen and oxygen atoms in total. The van der Waals surface area contributed by atoms with Crippen molar-refractivity contribution in [1.29, 1.82) is 0 Å². The van der Waals surface area contributed by atoms with Crippen molar-refractivity contribution < 1.29 is 0 Å². The number of nitrogens with zero attached hydrogens (tertiary/aromatic N) is 2. The third-order valence-corrected chi connectivity index (χ3v) is 5.47. The average molecular weight is 266 g/mol. The lowest BCUT2D eigenvalue weighted by molar-refractivity contribution is 0.0468. The molecule has 0 aromatic heterocycles. The summed E-state index contributed by atoms with van der Waals surface area (Å²) in [6, 6.07) is 0. The summed E-state index contributed by atoms with van der Waals surface area (Å²) in [4.78, 5) is 5.47. The Balaban J connectivity index is 1.97. The molecule has 0 radical (unpaired) electrons. The molecule has 19 heavy (non-hydrogen) atoms. The highest BCUT2D eigenvalue weighted by Crippen LogP contribution is 2.37. The Morgan fingerprint density at radius 2 is 1.47 bits per heavy atom. The van der Waals surface area contributed by atoms with E-state index in [1.807, 2.05) is 0 Å². The number of likely N-dealkylation sites (tertiary alicyclic amines) is 2. The Bertz CT molecular complexity index is 303. The zero-order valence-electron chi connectivity index (χ0n) is 14.0. The Hall–Kier alpha value is -0.0800. The van der Waals surface area contributed by atoms with Crippen LogP contribution in [0.2, 0.25) is 0 Å². The van der Waals surface area contributed by atoms with Crippen LogP contribution in [0.1, 0.15) is 60.8 Å². The lowest BCUT2D eigenvalue weighted by atomic mass is 9.85. The first kappa shape index (κ1) is 15.3. The zero-order chi connectivity index (χ0) is 14.3. The first-order valence-electron chi connectivity index (χ1n) is 8.24. The fraction of sp³-hybridized carbons (Fsp3) is 1.00. The molecule has 0 aliphatic carbocycles. The van der Waals surface area contributed by atoms with Gasteiger partial charge in [-0.25, -0.2) is 0 Å². The van der Waals surface area contributed by atoms with Crippen LogP contribution >= 0.6 is 0 Å². The fourth-order valence-electron chi connectivity index (χ4n) is 4.04. The first-order chi connectivity index (χ1) is 8.74. The van der Waals surface area contributed by atoms with Crippen LogP contribution in [0.25, 0.3) is 0 Å². The van der Waals surface area contributed by atoms with E-state index in [2.05, 4.69) is 51.3 Å². The summed E-state index contributed by atoms with van der Waals surface area (Å²) in [6.45, 7) is 19.6. The van der Waals surface area contributed by atoms with Crippen molar-refractivity contribution in [3.05, 3.63) is 0 Å². The quantitative estimate of drug-likeness (QED) is 0.770. The molecule has 2 heteroatoms. The molecule has 0 N–H and O–H groups in total. The van der Waals surface area contributed by atoms with Crippen molar-refractivity contribution in [3.63, 3.8) is 0 Å². The molecule has 0 saturated carbocycles. The molecule has 0 spiro atoms. The number of hydrogen-bond donors (Lipinski definition) is 0. The average Bonchev–Trinajstić information content (AvgIpc) is 2.70. The van der Waals surface area contributed by atoms with Gasteiger partial charge in [0, 0.05) is 30.7 Å². The third kappa shape index (κ3) is 3.33. The van der Waals surface area contributed by atoms with Crippen LogP contribution in [0.3, 0.4) is 0 Å². The Kier molecular flexibility index (Phi) is 4.32. The summed E-state index contributed by atoms with van der Waals surface area (Å²) in [6.07, 6.45) is 4.03. The van der Waals surface area contributed by atoms with Gasteiger partial charge in [0.25, 0.3) is 0 Å². The van der Waals surface area contributed by atoms with Gasteiger partial charge >= 0.3 is 0 Å². The SMILES string of the molecule is CCCC(C)(C)N1CCC2CN(C(C)(C)C)CC2C1. The molecule has 2 atom stereocenters. The van der Waals surface area contributed by atoms with Crippen LogP contribution in [0, 0.1) is 11.8 Å². The van der Waals surface area contributed by atoms with Gasteiger partial charge in [-0.2, -0.15) is 0 Å². The highest BCUT2D eigenvalue weighted by atomic mass is 15.3. The Labute approximate surface area is 120 Å². The van der Waals surface area contributed by atoms with Gasteiger partial charge in [-0.05, 0) is 65.8 Å². The third-order valence-electron chi connectivity index (χ3n) is 5.47. The molecular weight excluding hydrogens is 232 g/mol. The maximum atomic E-state index is 2.77. The predicted molar refractivity (Wildman–Crippen MR) is 83.5 cm³/mol. The Morgan fingerprint density at radius 3 is 2.05 bits per heavy atom. The Morgan fingerprint density at radius 1 is 0.895 bits per heavy atom. The van der Waals surface area contributed by atoms with Crippen LogP contribution in [-0.2, 0) is 0 Å². The molecule has 2 heterocycles. The summed E-state index contributed by atoms with van der Waals surface area (Å²) in [7, 11) is 0. The molecule has 2 fully saturated rings. The number of fused-ring (bicyclic) bond motifs is 1. The molecule has 2 aliphatic rings. The number of hydrogen-bond acceptors (Lipinski definition) is 2. The molecule has 0 amide bonds. The van der Waals surface area contributed by atoms with Crippen molar-refractivity contribution in [1.82, 2.24) is 9.80 Å². The topological polar surface area (TPSA) is 6.48 Å². The largest absolute Gasteiger partial charge is 0.298 e. The second kappa shape index (κ2) is 5.37. The lowest BCUT2D eigenvalue weighted by Gasteiger charge is -2.44. The van der Waals surface area contributed by atoms with Crippen molar-refractivity contribution in [3.8, 4) is 0 Å². The molecule has 112 valence electrons. The van der Waals surface area contributed by atoms with Gasteiger partial charge in [0.1, 0.15) is 0 Å². The summed E-state index contributed by atoms with van der Waals surface area (Å²) in [5.41, 5.74) is 0.746.